The van der Waals surface area contributed by atoms with Crippen LogP contribution in [0.1, 0.15) is 5.56 Å². The molecule has 2 aromatic carbocycles. The largest absolute Gasteiger partial charge is 0.504 e. The zero-order valence-electron chi connectivity index (χ0n) is 12.2. The van der Waals surface area contributed by atoms with Gasteiger partial charge >= 0.3 is 0 Å². The molecule has 0 aliphatic carbocycles. The smallest absolute Gasteiger partial charge is 0.266 e. The molecule has 0 bridgehead atoms. The number of benzene rings is 2. The topological polar surface area (TPSA) is 82.3 Å². The molecule has 0 atom stereocenters. The predicted molar refractivity (Wildman–Crippen MR) is 96.0 cm³/mol. The van der Waals surface area contributed by atoms with Crippen LogP contribution in [-0.2, 0) is 4.79 Å². The van der Waals surface area contributed by atoms with Crippen molar-refractivity contribution in [2.45, 2.75) is 0 Å². The number of nitrogens with zero attached hydrogens (tertiary/aromatic N) is 1. The van der Waals surface area contributed by atoms with Gasteiger partial charge in [-0.15, -0.1) is 0 Å². The van der Waals surface area contributed by atoms with E-state index in [1.165, 1.54) is 19.3 Å². The number of para-hydroxylation sites is 1. The number of aromatic hydroxyl groups is 1. The number of anilines is 1. The maximum atomic E-state index is 12.2. The molecule has 0 unspecified atom stereocenters. The van der Waals surface area contributed by atoms with E-state index in [2.05, 4.69) is 27.9 Å². The fourth-order valence-corrected chi connectivity index (χ4v) is 2.37. The summed E-state index contributed by atoms with van der Waals surface area (Å²) in [5.41, 5.74) is 1.18. The zero-order valence-corrected chi connectivity index (χ0v) is 14.4. The Morgan fingerprint density at radius 2 is 2.09 bits per heavy atom. The lowest BCUT2D eigenvalue weighted by Crippen LogP contribution is -2.14. The highest BCUT2D eigenvalue weighted by atomic mass is 127. The van der Waals surface area contributed by atoms with Crippen molar-refractivity contribution in [3.63, 3.8) is 0 Å². The quantitative estimate of drug-likeness (QED) is 0.450. The number of hydrogen-bond donors (Lipinski definition) is 2. The Kier molecular flexibility index (Phi) is 5.60. The molecule has 0 aliphatic heterocycles. The number of halogens is 1. The second-order valence-corrected chi connectivity index (χ2v) is 5.70. The highest BCUT2D eigenvalue weighted by molar-refractivity contribution is 14.1. The average molecular weight is 420 g/mol. The first-order valence-electron chi connectivity index (χ1n) is 6.60. The Labute approximate surface area is 147 Å². The molecule has 0 saturated carbocycles. The molecule has 2 aromatic rings. The monoisotopic (exact) mass is 420 g/mol. The van der Waals surface area contributed by atoms with E-state index in [1.54, 1.807) is 24.3 Å². The van der Waals surface area contributed by atoms with Crippen LogP contribution in [0.2, 0.25) is 0 Å². The van der Waals surface area contributed by atoms with Gasteiger partial charge in [0.25, 0.3) is 5.91 Å². The standard InChI is InChI=1S/C17H13IN2O3/c1-23-16-9-11(6-7-15(16)21)8-12(10-19)17(22)20-14-5-3-2-4-13(14)18/h2-9,21H,1H3,(H,20,22). The van der Waals surface area contributed by atoms with E-state index in [0.717, 1.165) is 3.57 Å². The Balaban J connectivity index is 2.27. The number of phenolic OH excluding ortho intramolecular Hbond substituents is 1. The molecule has 0 aromatic heterocycles. The first-order chi connectivity index (χ1) is 11.0. The van der Waals surface area contributed by atoms with Crippen molar-refractivity contribution < 1.29 is 14.6 Å². The Bertz CT molecular complexity index is 810. The van der Waals surface area contributed by atoms with Gasteiger partial charge in [-0.1, -0.05) is 18.2 Å². The van der Waals surface area contributed by atoms with Gasteiger partial charge in [0.15, 0.2) is 11.5 Å². The number of hydrogen-bond acceptors (Lipinski definition) is 4. The lowest BCUT2D eigenvalue weighted by molar-refractivity contribution is -0.112. The third-order valence-electron chi connectivity index (χ3n) is 3.00. The summed E-state index contributed by atoms with van der Waals surface area (Å²) in [5, 5.41) is 21.5. The molecule has 116 valence electrons. The second-order valence-electron chi connectivity index (χ2n) is 4.54. The van der Waals surface area contributed by atoms with Crippen molar-refractivity contribution in [1.29, 1.82) is 5.26 Å². The fourth-order valence-electron chi connectivity index (χ4n) is 1.85. The van der Waals surface area contributed by atoms with E-state index in [-0.39, 0.29) is 17.1 Å². The summed E-state index contributed by atoms with van der Waals surface area (Å²) < 4.78 is 5.89. The van der Waals surface area contributed by atoms with Gasteiger partial charge in [0.2, 0.25) is 0 Å². The number of ether oxygens (including phenoxy) is 1. The summed E-state index contributed by atoms with van der Waals surface area (Å²) >= 11 is 2.10. The molecular weight excluding hydrogens is 407 g/mol. The fraction of sp³-hybridized carbons (Fsp3) is 0.0588. The van der Waals surface area contributed by atoms with Crippen LogP contribution in [-0.4, -0.2) is 18.1 Å². The van der Waals surface area contributed by atoms with Gasteiger partial charge in [0.05, 0.1) is 12.8 Å². The van der Waals surface area contributed by atoms with Gasteiger partial charge in [0.1, 0.15) is 11.6 Å². The molecule has 6 heteroatoms. The van der Waals surface area contributed by atoms with Crippen molar-refractivity contribution in [1.82, 2.24) is 0 Å². The number of methoxy groups -OCH3 is 1. The Morgan fingerprint density at radius 3 is 2.74 bits per heavy atom. The van der Waals surface area contributed by atoms with Crippen molar-refractivity contribution in [2.75, 3.05) is 12.4 Å². The van der Waals surface area contributed by atoms with Crippen molar-refractivity contribution in [3.8, 4) is 17.6 Å². The number of nitrogens with one attached hydrogen (secondary N) is 1. The SMILES string of the molecule is COc1cc(C=C(C#N)C(=O)Nc2ccccc2I)ccc1O. The maximum absolute atomic E-state index is 12.2. The highest BCUT2D eigenvalue weighted by Crippen LogP contribution is 2.27. The van der Waals surface area contributed by atoms with E-state index in [4.69, 9.17) is 4.74 Å². The summed E-state index contributed by atoms with van der Waals surface area (Å²) in [7, 11) is 1.43. The summed E-state index contributed by atoms with van der Waals surface area (Å²) in [6.45, 7) is 0. The first kappa shape index (κ1) is 16.8. The van der Waals surface area contributed by atoms with E-state index in [0.29, 0.717) is 11.3 Å². The zero-order chi connectivity index (χ0) is 16.8. The van der Waals surface area contributed by atoms with Crippen LogP contribution in [0.4, 0.5) is 5.69 Å². The molecule has 2 rings (SSSR count). The Morgan fingerprint density at radius 1 is 1.35 bits per heavy atom. The van der Waals surface area contributed by atoms with Crippen LogP contribution in [0.5, 0.6) is 11.5 Å². The molecule has 1 amide bonds. The van der Waals surface area contributed by atoms with E-state index < -0.39 is 5.91 Å². The molecule has 2 N–H and O–H groups in total. The molecule has 23 heavy (non-hydrogen) atoms. The van der Waals surface area contributed by atoms with Crippen molar-refractivity contribution >= 4 is 40.3 Å². The van der Waals surface area contributed by atoms with Crippen LogP contribution >= 0.6 is 22.6 Å². The molecule has 0 radical (unpaired) electrons. The molecule has 0 heterocycles. The molecule has 0 spiro atoms. The van der Waals surface area contributed by atoms with Crippen LogP contribution < -0.4 is 10.1 Å². The Hall–Kier alpha value is -2.53. The molecule has 0 aliphatic rings. The lowest BCUT2D eigenvalue weighted by Gasteiger charge is -2.07. The average Bonchev–Trinajstić information content (AvgIpc) is 2.56. The van der Waals surface area contributed by atoms with Gasteiger partial charge in [0, 0.05) is 3.57 Å². The van der Waals surface area contributed by atoms with Crippen LogP contribution in [0, 0.1) is 14.9 Å². The summed E-state index contributed by atoms with van der Waals surface area (Å²) in [6, 6.07) is 13.8. The third-order valence-corrected chi connectivity index (χ3v) is 3.94. The number of carbonyl (C=O) groups is 1. The van der Waals surface area contributed by atoms with Gasteiger partial charge in [-0.05, 0) is 58.5 Å². The highest BCUT2D eigenvalue weighted by Gasteiger charge is 2.11. The van der Waals surface area contributed by atoms with E-state index in [1.807, 2.05) is 18.2 Å². The van der Waals surface area contributed by atoms with Crippen LogP contribution in [0.3, 0.4) is 0 Å². The third kappa shape index (κ3) is 4.23. The summed E-state index contributed by atoms with van der Waals surface area (Å²) in [6.07, 6.45) is 1.44. The van der Waals surface area contributed by atoms with E-state index >= 15 is 0 Å². The number of rotatable bonds is 4. The van der Waals surface area contributed by atoms with Gasteiger partial charge in [-0.3, -0.25) is 4.79 Å². The number of amides is 1. The minimum atomic E-state index is -0.497. The minimum Gasteiger partial charge on any atom is -0.504 e. The van der Waals surface area contributed by atoms with Gasteiger partial charge in [-0.25, -0.2) is 0 Å². The van der Waals surface area contributed by atoms with Crippen molar-refractivity contribution in [2.24, 2.45) is 0 Å². The summed E-state index contributed by atoms with van der Waals surface area (Å²) in [4.78, 5) is 12.2. The maximum Gasteiger partial charge on any atom is 0.266 e. The van der Waals surface area contributed by atoms with Crippen LogP contribution in [0.15, 0.2) is 48.0 Å². The second kappa shape index (κ2) is 7.65. The van der Waals surface area contributed by atoms with Gasteiger partial charge < -0.3 is 15.2 Å². The number of carbonyl (C=O) groups excluding carboxylic acids is 1. The molecule has 0 fully saturated rings. The summed E-state index contributed by atoms with van der Waals surface area (Å²) in [5.74, 6) is -0.232. The minimum absolute atomic E-state index is 0.00792. The van der Waals surface area contributed by atoms with Gasteiger partial charge in [-0.2, -0.15) is 5.26 Å². The van der Waals surface area contributed by atoms with E-state index in [9.17, 15) is 15.2 Å². The van der Waals surface area contributed by atoms with Crippen LogP contribution in [0.25, 0.3) is 6.08 Å². The normalized spacial score (nSPS) is 10.7. The number of phenols is 1. The molecule has 5 nitrogen and oxygen atoms in total. The molecular formula is C17H13IN2O3. The number of nitriles is 1. The lowest BCUT2D eigenvalue weighted by atomic mass is 10.1. The molecule has 0 saturated heterocycles. The predicted octanol–water partition coefficient (Wildman–Crippen LogP) is 3.55. The van der Waals surface area contributed by atoms with Crippen molar-refractivity contribution in [3.05, 3.63) is 57.2 Å². The first-order valence-corrected chi connectivity index (χ1v) is 7.67.